The van der Waals surface area contributed by atoms with E-state index in [9.17, 15) is 4.79 Å². The number of amides is 1. The summed E-state index contributed by atoms with van der Waals surface area (Å²) in [4.78, 5) is 12.8. The van der Waals surface area contributed by atoms with E-state index < -0.39 is 0 Å². The van der Waals surface area contributed by atoms with Crippen LogP contribution >= 0.6 is 0 Å². The van der Waals surface area contributed by atoms with Gasteiger partial charge in [-0.15, -0.1) is 0 Å². The zero-order valence-electron chi connectivity index (χ0n) is 9.56. The standard InChI is InChI=1S/C12H16N2O2/c1-14(2)12(15)16-9-5-3-8-4-6-11(13)10(8)7-9/h3,5,7,11H,4,6,13H2,1-2H3/t11-/m1/s1. The van der Waals surface area contributed by atoms with Gasteiger partial charge in [-0.1, -0.05) is 6.07 Å². The molecule has 0 fully saturated rings. The van der Waals surface area contributed by atoms with Crippen molar-refractivity contribution >= 4 is 6.09 Å². The third kappa shape index (κ3) is 2.02. The molecule has 2 N–H and O–H groups in total. The molecule has 86 valence electrons. The number of aryl methyl sites for hydroxylation is 1. The number of nitrogens with two attached hydrogens (primary N) is 1. The monoisotopic (exact) mass is 220 g/mol. The molecule has 1 aromatic rings. The number of carbonyl (C=O) groups is 1. The molecule has 1 amide bonds. The van der Waals surface area contributed by atoms with Gasteiger partial charge in [0.05, 0.1) is 0 Å². The first-order valence-corrected chi connectivity index (χ1v) is 5.35. The van der Waals surface area contributed by atoms with Crippen molar-refractivity contribution in [1.82, 2.24) is 4.90 Å². The molecule has 0 saturated carbocycles. The highest BCUT2D eigenvalue weighted by Gasteiger charge is 2.20. The van der Waals surface area contributed by atoms with Crippen LogP contribution in [0.3, 0.4) is 0 Å². The number of ether oxygens (including phenoxy) is 1. The van der Waals surface area contributed by atoms with Crippen molar-refractivity contribution in [2.24, 2.45) is 5.73 Å². The molecule has 1 aromatic carbocycles. The molecule has 1 aliphatic carbocycles. The largest absolute Gasteiger partial charge is 0.414 e. The van der Waals surface area contributed by atoms with Crippen LogP contribution in [0.4, 0.5) is 4.79 Å². The lowest BCUT2D eigenvalue weighted by Crippen LogP contribution is -2.25. The molecule has 16 heavy (non-hydrogen) atoms. The van der Waals surface area contributed by atoms with Crippen LogP contribution in [-0.4, -0.2) is 25.1 Å². The van der Waals surface area contributed by atoms with Gasteiger partial charge in [-0.25, -0.2) is 4.79 Å². The van der Waals surface area contributed by atoms with Crippen molar-refractivity contribution < 1.29 is 9.53 Å². The summed E-state index contributed by atoms with van der Waals surface area (Å²) in [6.07, 6.45) is 1.62. The van der Waals surface area contributed by atoms with Gasteiger partial charge in [0, 0.05) is 20.1 Å². The van der Waals surface area contributed by atoms with Crippen LogP contribution in [0.1, 0.15) is 23.6 Å². The lowest BCUT2D eigenvalue weighted by Gasteiger charge is -2.12. The lowest BCUT2D eigenvalue weighted by atomic mass is 10.1. The molecule has 0 bridgehead atoms. The van der Waals surface area contributed by atoms with Gasteiger partial charge in [-0.05, 0) is 36.1 Å². The average molecular weight is 220 g/mol. The summed E-state index contributed by atoms with van der Waals surface area (Å²) in [7, 11) is 3.31. The van der Waals surface area contributed by atoms with Crippen molar-refractivity contribution in [3.05, 3.63) is 29.3 Å². The van der Waals surface area contributed by atoms with E-state index in [0.717, 1.165) is 18.4 Å². The molecule has 0 spiro atoms. The van der Waals surface area contributed by atoms with Crippen LogP contribution in [0.15, 0.2) is 18.2 Å². The highest BCUT2D eigenvalue weighted by Crippen LogP contribution is 2.32. The van der Waals surface area contributed by atoms with E-state index in [1.165, 1.54) is 10.5 Å². The first-order chi connectivity index (χ1) is 7.58. The minimum atomic E-state index is -0.369. The fourth-order valence-electron chi connectivity index (χ4n) is 1.87. The Kier molecular flexibility index (Phi) is 2.83. The molecule has 2 rings (SSSR count). The molecule has 1 atom stereocenters. The van der Waals surface area contributed by atoms with Crippen molar-refractivity contribution in [1.29, 1.82) is 0 Å². The zero-order valence-corrected chi connectivity index (χ0v) is 9.56. The van der Waals surface area contributed by atoms with E-state index in [4.69, 9.17) is 10.5 Å². The van der Waals surface area contributed by atoms with Crippen LogP contribution < -0.4 is 10.5 Å². The highest BCUT2D eigenvalue weighted by atomic mass is 16.6. The third-order valence-electron chi connectivity index (χ3n) is 2.81. The number of benzene rings is 1. The summed E-state index contributed by atoms with van der Waals surface area (Å²) in [6, 6.07) is 5.75. The fraction of sp³-hybridized carbons (Fsp3) is 0.417. The van der Waals surface area contributed by atoms with Crippen molar-refractivity contribution in [2.75, 3.05) is 14.1 Å². The van der Waals surface area contributed by atoms with E-state index in [-0.39, 0.29) is 12.1 Å². The second-order valence-electron chi connectivity index (χ2n) is 4.27. The van der Waals surface area contributed by atoms with E-state index in [2.05, 4.69) is 0 Å². The normalized spacial score (nSPS) is 18.1. The summed E-state index contributed by atoms with van der Waals surface area (Å²) >= 11 is 0. The maximum absolute atomic E-state index is 11.4. The summed E-state index contributed by atoms with van der Waals surface area (Å²) in [5.41, 5.74) is 8.32. The average Bonchev–Trinajstić information content (AvgIpc) is 2.60. The highest BCUT2D eigenvalue weighted by molar-refractivity contribution is 5.70. The van der Waals surface area contributed by atoms with Crippen LogP contribution in [0.5, 0.6) is 5.75 Å². The first-order valence-electron chi connectivity index (χ1n) is 5.35. The fourth-order valence-corrected chi connectivity index (χ4v) is 1.87. The number of nitrogens with zero attached hydrogens (tertiary/aromatic N) is 1. The molecule has 0 radical (unpaired) electrons. The maximum Gasteiger partial charge on any atom is 0.414 e. The van der Waals surface area contributed by atoms with Gasteiger partial charge in [-0.3, -0.25) is 0 Å². The van der Waals surface area contributed by atoms with Crippen molar-refractivity contribution in [3.63, 3.8) is 0 Å². The molecule has 4 nitrogen and oxygen atoms in total. The Morgan fingerprint density at radius 3 is 2.94 bits per heavy atom. The van der Waals surface area contributed by atoms with Gasteiger partial charge in [0.25, 0.3) is 0 Å². The minimum absolute atomic E-state index is 0.0769. The number of hydrogen-bond acceptors (Lipinski definition) is 3. The molecule has 1 aliphatic rings. The van der Waals surface area contributed by atoms with E-state index in [0.29, 0.717) is 5.75 Å². The van der Waals surface area contributed by atoms with E-state index in [1.54, 1.807) is 14.1 Å². The molecule has 0 aromatic heterocycles. The van der Waals surface area contributed by atoms with Gasteiger partial charge in [0.2, 0.25) is 0 Å². The van der Waals surface area contributed by atoms with Crippen molar-refractivity contribution in [2.45, 2.75) is 18.9 Å². The smallest absolute Gasteiger partial charge is 0.410 e. The summed E-state index contributed by atoms with van der Waals surface area (Å²) in [5, 5.41) is 0. The van der Waals surface area contributed by atoms with Gasteiger partial charge >= 0.3 is 6.09 Å². The van der Waals surface area contributed by atoms with E-state index >= 15 is 0 Å². The Morgan fingerprint density at radius 2 is 2.25 bits per heavy atom. The molecular weight excluding hydrogens is 204 g/mol. The maximum atomic E-state index is 11.4. The van der Waals surface area contributed by atoms with Crippen LogP contribution in [0.2, 0.25) is 0 Å². The SMILES string of the molecule is CN(C)C(=O)Oc1ccc2c(c1)[C@H](N)CC2. The second-order valence-corrected chi connectivity index (χ2v) is 4.27. The Morgan fingerprint density at radius 1 is 1.50 bits per heavy atom. The molecule has 0 saturated heterocycles. The molecular formula is C12H16N2O2. The summed E-state index contributed by atoms with van der Waals surface area (Å²) in [5.74, 6) is 0.565. The second kappa shape index (κ2) is 4.14. The Bertz CT molecular complexity index is 415. The summed E-state index contributed by atoms with van der Waals surface area (Å²) in [6.45, 7) is 0. The topological polar surface area (TPSA) is 55.6 Å². The minimum Gasteiger partial charge on any atom is -0.410 e. The zero-order chi connectivity index (χ0) is 11.7. The van der Waals surface area contributed by atoms with Gasteiger partial charge in [0.1, 0.15) is 5.75 Å². The third-order valence-corrected chi connectivity index (χ3v) is 2.81. The van der Waals surface area contributed by atoms with E-state index in [1.807, 2.05) is 18.2 Å². The van der Waals surface area contributed by atoms with Gasteiger partial charge in [-0.2, -0.15) is 0 Å². The number of carbonyl (C=O) groups excluding carboxylic acids is 1. The summed E-state index contributed by atoms with van der Waals surface area (Å²) < 4.78 is 5.18. The Balaban J connectivity index is 2.18. The lowest BCUT2D eigenvalue weighted by molar-refractivity contribution is 0.172. The predicted octanol–water partition coefficient (Wildman–Crippen LogP) is 1.69. The van der Waals surface area contributed by atoms with Crippen LogP contribution in [-0.2, 0) is 6.42 Å². The van der Waals surface area contributed by atoms with Crippen LogP contribution in [0, 0.1) is 0 Å². The molecule has 4 heteroatoms. The molecule has 0 heterocycles. The predicted molar refractivity (Wildman–Crippen MR) is 61.4 cm³/mol. The Labute approximate surface area is 95.0 Å². The van der Waals surface area contributed by atoms with Crippen molar-refractivity contribution in [3.8, 4) is 5.75 Å². The molecule has 0 aliphatic heterocycles. The number of rotatable bonds is 1. The van der Waals surface area contributed by atoms with Gasteiger partial charge < -0.3 is 15.4 Å². The van der Waals surface area contributed by atoms with Gasteiger partial charge in [0.15, 0.2) is 0 Å². The Hall–Kier alpha value is -1.55. The first kappa shape index (κ1) is 11.0. The molecule has 0 unspecified atom stereocenters. The van der Waals surface area contributed by atoms with Crippen LogP contribution in [0.25, 0.3) is 0 Å². The number of hydrogen-bond donors (Lipinski definition) is 1. The number of fused-ring (bicyclic) bond motifs is 1. The quantitative estimate of drug-likeness (QED) is 0.783.